The van der Waals surface area contributed by atoms with Gasteiger partial charge in [-0.25, -0.2) is 4.98 Å². The maximum absolute atomic E-state index is 12.4. The summed E-state index contributed by atoms with van der Waals surface area (Å²) < 4.78 is 5.40. The van der Waals surface area contributed by atoms with Gasteiger partial charge in [-0.3, -0.25) is 24.6 Å². The number of rotatable bonds is 6. The van der Waals surface area contributed by atoms with E-state index < -0.39 is 0 Å². The lowest BCUT2D eigenvalue weighted by molar-refractivity contribution is -0.142. The number of benzene rings is 1. The minimum absolute atomic E-state index is 0.0684. The van der Waals surface area contributed by atoms with Crippen LogP contribution >= 0.6 is 35.3 Å². The van der Waals surface area contributed by atoms with Crippen molar-refractivity contribution < 1.29 is 19.1 Å². The Morgan fingerprint density at radius 2 is 2.03 bits per heavy atom. The number of amides is 2. The second kappa shape index (κ2) is 9.29. The van der Waals surface area contributed by atoms with E-state index >= 15 is 0 Å². The molecule has 0 spiro atoms. The highest BCUT2D eigenvalue weighted by Gasteiger charge is 2.28. The average molecular weight is 448 g/mol. The summed E-state index contributed by atoms with van der Waals surface area (Å²) in [6.45, 7) is 2.06. The summed E-state index contributed by atoms with van der Waals surface area (Å²) in [5.41, 5.74) is 1.79. The Bertz CT molecular complexity index is 998. The fourth-order valence-electron chi connectivity index (χ4n) is 2.40. The molecule has 1 aromatic carbocycles. The lowest BCUT2D eigenvalue weighted by Gasteiger charge is -2.04. The van der Waals surface area contributed by atoms with E-state index in [1.54, 1.807) is 49.7 Å². The molecule has 2 aromatic rings. The summed E-state index contributed by atoms with van der Waals surface area (Å²) >= 11 is 7.60. The molecule has 10 heteroatoms. The van der Waals surface area contributed by atoms with Gasteiger partial charge >= 0.3 is 5.97 Å². The van der Waals surface area contributed by atoms with Crippen molar-refractivity contribution in [1.29, 1.82) is 0 Å². The first kappa shape index (κ1) is 21.2. The average Bonchev–Trinajstić information content (AvgIpc) is 3.22. The SMILES string of the molecule is CCOC(=O)Cc1csc(NC(=O)c2ccc(C=C3SC(=S)N(C)C3=O)cc2)n1. The summed E-state index contributed by atoms with van der Waals surface area (Å²) in [6.07, 6.45) is 1.81. The monoisotopic (exact) mass is 447 g/mol. The van der Waals surface area contributed by atoms with Gasteiger partial charge in [-0.2, -0.15) is 0 Å². The number of aromatic nitrogens is 1. The van der Waals surface area contributed by atoms with E-state index in [4.69, 9.17) is 17.0 Å². The number of ether oxygens (including phenoxy) is 1. The van der Waals surface area contributed by atoms with Crippen molar-refractivity contribution in [2.24, 2.45) is 0 Å². The lowest BCUT2D eigenvalue weighted by Crippen LogP contribution is -2.22. The number of hydrogen-bond acceptors (Lipinski definition) is 8. The first-order valence-corrected chi connectivity index (χ1v) is 10.7. The van der Waals surface area contributed by atoms with Crippen molar-refractivity contribution in [1.82, 2.24) is 9.88 Å². The zero-order valence-electron chi connectivity index (χ0n) is 15.6. The molecule has 29 heavy (non-hydrogen) atoms. The maximum atomic E-state index is 12.4. The van der Waals surface area contributed by atoms with Crippen LogP contribution in [0.3, 0.4) is 0 Å². The van der Waals surface area contributed by atoms with Crippen molar-refractivity contribution in [2.45, 2.75) is 13.3 Å². The predicted octanol–water partition coefficient (Wildman–Crippen LogP) is 3.33. The van der Waals surface area contributed by atoms with Gasteiger partial charge in [-0.15, -0.1) is 11.3 Å². The Labute approximate surface area is 181 Å². The molecule has 1 N–H and O–H groups in total. The van der Waals surface area contributed by atoms with Gasteiger partial charge in [-0.1, -0.05) is 36.1 Å². The van der Waals surface area contributed by atoms with Crippen LogP contribution in [0.25, 0.3) is 6.08 Å². The highest BCUT2D eigenvalue weighted by Crippen LogP contribution is 2.31. The Morgan fingerprint density at radius 1 is 1.31 bits per heavy atom. The van der Waals surface area contributed by atoms with Gasteiger partial charge in [0.05, 0.1) is 23.6 Å². The zero-order chi connectivity index (χ0) is 21.0. The lowest BCUT2D eigenvalue weighted by atomic mass is 10.1. The van der Waals surface area contributed by atoms with Crippen molar-refractivity contribution >= 4 is 68.6 Å². The third kappa shape index (κ3) is 5.28. The first-order chi connectivity index (χ1) is 13.9. The number of likely N-dealkylation sites (N-methyl/N-ethyl adjacent to an activating group) is 1. The van der Waals surface area contributed by atoms with Crippen molar-refractivity contribution in [2.75, 3.05) is 19.0 Å². The number of nitrogens with one attached hydrogen (secondary N) is 1. The Balaban J connectivity index is 1.62. The van der Waals surface area contributed by atoms with E-state index in [0.29, 0.717) is 32.2 Å². The molecule has 150 valence electrons. The van der Waals surface area contributed by atoms with Gasteiger partial charge in [0.25, 0.3) is 11.8 Å². The van der Waals surface area contributed by atoms with Gasteiger partial charge < -0.3 is 4.74 Å². The van der Waals surface area contributed by atoms with Crippen LogP contribution < -0.4 is 5.32 Å². The van der Waals surface area contributed by atoms with Crippen LogP contribution in [0.4, 0.5) is 5.13 Å². The van der Waals surface area contributed by atoms with Crippen molar-refractivity contribution in [3.8, 4) is 0 Å². The van der Waals surface area contributed by atoms with Crippen LogP contribution in [-0.4, -0.2) is 45.6 Å². The molecular weight excluding hydrogens is 430 g/mol. The smallest absolute Gasteiger partial charge is 0.311 e. The fourth-order valence-corrected chi connectivity index (χ4v) is 4.29. The number of thioether (sulfide) groups is 1. The molecule has 1 aliphatic heterocycles. The largest absolute Gasteiger partial charge is 0.466 e. The summed E-state index contributed by atoms with van der Waals surface area (Å²) in [5, 5.41) is 4.83. The number of carbonyl (C=O) groups is 3. The number of nitrogens with zero attached hydrogens (tertiary/aromatic N) is 2. The van der Waals surface area contributed by atoms with Crippen LogP contribution in [0, 0.1) is 0 Å². The number of hydrogen-bond donors (Lipinski definition) is 1. The molecule has 1 aliphatic rings. The van der Waals surface area contributed by atoms with Gasteiger partial charge in [0.1, 0.15) is 4.32 Å². The van der Waals surface area contributed by atoms with Crippen LogP contribution in [0.5, 0.6) is 0 Å². The van der Waals surface area contributed by atoms with Crippen molar-refractivity contribution in [3.05, 3.63) is 51.4 Å². The molecule has 1 aromatic heterocycles. The zero-order valence-corrected chi connectivity index (χ0v) is 18.1. The summed E-state index contributed by atoms with van der Waals surface area (Å²) in [4.78, 5) is 42.2. The molecule has 0 unspecified atom stereocenters. The predicted molar refractivity (Wildman–Crippen MR) is 118 cm³/mol. The molecular formula is C19H17N3O4S3. The summed E-state index contributed by atoms with van der Waals surface area (Å²) in [5.74, 6) is -0.802. The maximum Gasteiger partial charge on any atom is 0.311 e. The molecule has 0 saturated carbocycles. The normalized spacial score (nSPS) is 15.1. The molecule has 7 nitrogen and oxygen atoms in total. The Hall–Kier alpha value is -2.56. The summed E-state index contributed by atoms with van der Waals surface area (Å²) in [6, 6.07) is 6.85. The molecule has 3 rings (SSSR count). The fraction of sp³-hybridized carbons (Fsp3) is 0.211. The van der Waals surface area contributed by atoms with E-state index in [2.05, 4.69) is 10.3 Å². The molecule has 0 aliphatic carbocycles. The van der Waals surface area contributed by atoms with Gasteiger partial charge in [0.2, 0.25) is 0 Å². The quantitative estimate of drug-likeness (QED) is 0.413. The molecule has 1 fully saturated rings. The van der Waals surface area contributed by atoms with E-state index in [9.17, 15) is 14.4 Å². The van der Waals surface area contributed by atoms with Crippen LogP contribution in [0.2, 0.25) is 0 Å². The van der Waals surface area contributed by atoms with Crippen LogP contribution in [0.15, 0.2) is 34.6 Å². The van der Waals surface area contributed by atoms with Gasteiger partial charge in [0, 0.05) is 18.0 Å². The third-order valence-electron chi connectivity index (χ3n) is 3.86. The molecule has 2 heterocycles. The molecule has 0 bridgehead atoms. The standard InChI is InChI=1S/C19H17N3O4S3/c1-3-26-15(23)9-13-10-28-18(20-13)21-16(24)12-6-4-11(5-7-12)8-14-17(25)22(2)19(27)29-14/h4-8,10H,3,9H2,1-2H3,(H,20,21,24). The highest BCUT2D eigenvalue weighted by atomic mass is 32.2. The molecule has 0 atom stereocenters. The third-order valence-corrected chi connectivity index (χ3v) is 6.15. The van der Waals surface area contributed by atoms with Gasteiger partial charge in [0.15, 0.2) is 5.13 Å². The van der Waals surface area contributed by atoms with E-state index in [0.717, 1.165) is 5.56 Å². The van der Waals surface area contributed by atoms with Crippen molar-refractivity contribution in [3.63, 3.8) is 0 Å². The topological polar surface area (TPSA) is 88.6 Å². The second-order valence-corrected chi connectivity index (χ2v) is 8.48. The minimum atomic E-state index is -0.355. The number of carbonyl (C=O) groups excluding carboxylic acids is 3. The van der Waals surface area contributed by atoms with E-state index in [1.165, 1.54) is 28.0 Å². The molecule has 1 saturated heterocycles. The minimum Gasteiger partial charge on any atom is -0.466 e. The second-order valence-electron chi connectivity index (χ2n) is 5.94. The number of thiocarbonyl (C=S) groups is 1. The molecule has 0 radical (unpaired) electrons. The first-order valence-electron chi connectivity index (χ1n) is 8.60. The molecule has 2 amide bonds. The Kier molecular flexibility index (Phi) is 6.78. The van der Waals surface area contributed by atoms with Gasteiger partial charge in [-0.05, 0) is 30.7 Å². The Morgan fingerprint density at radius 3 is 2.66 bits per heavy atom. The van der Waals surface area contributed by atoms with E-state index in [-0.39, 0.29) is 24.2 Å². The van der Waals surface area contributed by atoms with Crippen LogP contribution in [-0.2, 0) is 20.7 Å². The highest BCUT2D eigenvalue weighted by molar-refractivity contribution is 8.26. The number of esters is 1. The van der Waals surface area contributed by atoms with E-state index in [1.807, 2.05) is 0 Å². The van der Waals surface area contributed by atoms with Crippen LogP contribution in [0.1, 0.15) is 28.5 Å². The summed E-state index contributed by atoms with van der Waals surface area (Å²) in [7, 11) is 1.64. The number of anilines is 1. The number of thiazole rings is 1.